The summed E-state index contributed by atoms with van der Waals surface area (Å²) in [4.78, 5) is 0. The van der Waals surface area contributed by atoms with Crippen LogP contribution in [0.5, 0.6) is 0 Å². The number of hydrogen-bond donors (Lipinski definition) is 0. The Balaban J connectivity index is 0.000000334. The van der Waals surface area contributed by atoms with E-state index in [9.17, 15) is 0 Å². The molecule has 0 aliphatic heterocycles. The second kappa shape index (κ2) is 16.2. The molecule has 0 atom stereocenters. The first-order valence-electron chi connectivity index (χ1n) is 9.58. The van der Waals surface area contributed by atoms with Crippen molar-refractivity contribution in [3.8, 4) is 0 Å². The Labute approximate surface area is 159 Å². The molecule has 22 heavy (non-hydrogen) atoms. The van der Waals surface area contributed by atoms with Crippen LogP contribution in [0.3, 0.4) is 0 Å². The van der Waals surface area contributed by atoms with Gasteiger partial charge in [0.05, 0.1) is 0 Å². The molecule has 3 rings (SSSR count). The standard InChI is InChI=1S/C11H16.2C5H10.Zr/c1-3-6-10-8-5-9-11(10)7-4-2;2*1-2-4-5-3-1;/h3-5,8-9H2,1-2H3;2*1-5H2;/q-2;;;+4. The van der Waals surface area contributed by atoms with Gasteiger partial charge in [0.1, 0.15) is 0 Å². The molecule has 3 fully saturated rings. The number of hydrogen-bond acceptors (Lipinski definition) is 0. The van der Waals surface area contributed by atoms with E-state index in [4.69, 9.17) is 0 Å². The zero-order valence-electron chi connectivity index (χ0n) is 15.1. The molecule has 3 aliphatic rings. The van der Waals surface area contributed by atoms with Crippen molar-refractivity contribution in [3.63, 3.8) is 0 Å². The molecule has 0 saturated heterocycles. The Kier molecular flexibility index (Phi) is 16.5. The summed E-state index contributed by atoms with van der Waals surface area (Å²) in [6.07, 6.45) is 27.7. The minimum absolute atomic E-state index is 0. The maximum atomic E-state index is 3.40. The summed E-state index contributed by atoms with van der Waals surface area (Å²) in [7, 11) is 0. The van der Waals surface area contributed by atoms with Gasteiger partial charge < -0.3 is 23.3 Å². The molecule has 0 bridgehead atoms. The van der Waals surface area contributed by atoms with E-state index in [1.165, 1.54) is 94.6 Å². The minimum Gasteiger partial charge on any atom is -0.373 e. The molecule has 0 aromatic carbocycles. The second-order valence-corrected chi connectivity index (χ2v) is 6.41. The first kappa shape index (κ1) is 22.4. The SMILES string of the molecule is C1CCCC1.C1CCCC1.CC[C-]=C1CCCC1=[C-]CC.[Zr+4]. The van der Waals surface area contributed by atoms with Gasteiger partial charge in [0.15, 0.2) is 0 Å². The van der Waals surface area contributed by atoms with E-state index in [1.807, 2.05) is 0 Å². The van der Waals surface area contributed by atoms with Crippen LogP contribution >= 0.6 is 0 Å². The molecular formula is C21H36Zr+2. The van der Waals surface area contributed by atoms with E-state index in [2.05, 4.69) is 26.0 Å². The van der Waals surface area contributed by atoms with Crippen LogP contribution in [-0.2, 0) is 26.2 Å². The molecule has 3 saturated carbocycles. The van der Waals surface area contributed by atoms with E-state index < -0.39 is 0 Å². The van der Waals surface area contributed by atoms with Gasteiger partial charge in [0.25, 0.3) is 0 Å². The van der Waals surface area contributed by atoms with Crippen molar-refractivity contribution in [2.45, 2.75) is 110 Å². The summed E-state index contributed by atoms with van der Waals surface area (Å²) in [6, 6.07) is 0. The summed E-state index contributed by atoms with van der Waals surface area (Å²) in [5, 5.41) is 0. The van der Waals surface area contributed by atoms with Gasteiger partial charge in [-0.1, -0.05) is 84.5 Å². The van der Waals surface area contributed by atoms with Crippen molar-refractivity contribution in [1.82, 2.24) is 0 Å². The fourth-order valence-electron chi connectivity index (χ4n) is 3.33. The summed E-state index contributed by atoms with van der Waals surface area (Å²) in [6.45, 7) is 4.30. The van der Waals surface area contributed by atoms with Gasteiger partial charge in [-0.05, 0) is 0 Å². The van der Waals surface area contributed by atoms with Gasteiger partial charge in [0, 0.05) is 0 Å². The van der Waals surface area contributed by atoms with Crippen molar-refractivity contribution < 1.29 is 26.2 Å². The van der Waals surface area contributed by atoms with Crippen LogP contribution in [0.25, 0.3) is 0 Å². The molecule has 122 valence electrons. The molecule has 0 aromatic rings. The molecule has 0 aromatic heterocycles. The minimum atomic E-state index is 0. The van der Waals surface area contributed by atoms with Gasteiger partial charge in [-0.15, -0.1) is 25.7 Å². The first-order chi connectivity index (χ1) is 10.4. The van der Waals surface area contributed by atoms with Crippen molar-refractivity contribution >= 4 is 0 Å². The normalized spacial score (nSPS) is 23.5. The maximum absolute atomic E-state index is 3.40. The van der Waals surface area contributed by atoms with Crippen molar-refractivity contribution in [1.29, 1.82) is 0 Å². The molecule has 0 unspecified atom stereocenters. The van der Waals surface area contributed by atoms with Gasteiger partial charge in [0.2, 0.25) is 0 Å². The predicted molar refractivity (Wildman–Crippen MR) is 94.1 cm³/mol. The molecule has 3 aliphatic carbocycles. The van der Waals surface area contributed by atoms with Crippen molar-refractivity contribution in [2.75, 3.05) is 0 Å². The third kappa shape index (κ3) is 11.0. The summed E-state index contributed by atoms with van der Waals surface area (Å²) in [5.41, 5.74) is 2.88. The van der Waals surface area contributed by atoms with Crippen LogP contribution in [0.4, 0.5) is 0 Å². The zero-order chi connectivity index (χ0) is 15.2. The van der Waals surface area contributed by atoms with E-state index in [1.54, 1.807) is 0 Å². The van der Waals surface area contributed by atoms with E-state index in [-0.39, 0.29) is 26.2 Å². The molecule has 1 heteroatoms. The van der Waals surface area contributed by atoms with E-state index >= 15 is 0 Å². The molecule has 0 spiro atoms. The van der Waals surface area contributed by atoms with Crippen LogP contribution in [0.1, 0.15) is 110 Å². The predicted octanol–water partition coefficient (Wildman–Crippen LogP) is 7.35. The fourth-order valence-corrected chi connectivity index (χ4v) is 3.33. The van der Waals surface area contributed by atoms with Crippen LogP contribution in [0.15, 0.2) is 11.1 Å². The van der Waals surface area contributed by atoms with Crippen LogP contribution in [-0.4, -0.2) is 0 Å². The van der Waals surface area contributed by atoms with Crippen molar-refractivity contribution in [3.05, 3.63) is 23.3 Å². The Bertz CT molecular complexity index is 248. The van der Waals surface area contributed by atoms with Gasteiger partial charge >= 0.3 is 26.2 Å². The summed E-state index contributed by atoms with van der Waals surface area (Å²) in [5.74, 6) is 0. The second-order valence-electron chi connectivity index (χ2n) is 6.41. The van der Waals surface area contributed by atoms with Crippen LogP contribution in [0, 0.1) is 12.2 Å². The number of rotatable bonds is 2. The first-order valence-corrected chi connectivity index (χ1v) is 9.58. The van der Waals surface area contributed by atoms with Crippen LogP contribution < -0.4 is 0 Å². The largest absolute Gasteiger partial charge is 4.00 e. The van der Waals surface area contributed by atoms with Gasteiger partial charge in [-0.3, -0.25) is 0 Å². The fraction of sp³-hybridized carbons (Fsp3) is 0.810. The van der Waals surface area contributed by atoms with Gasteiger partial charge in [-0.2, -0.15) is 0 Å². The average Bonchev–Trinajstić information content (AvgIpc) is 3.27. The Morgan fingerprint density at radius 3 is 1.05 bits per heavy atom. The number of allylic oxidation sites excluding steroid dienone is 4. The third-order valence-corrected chi connectivity index (χ3v) is 4.50. The molecule has 0 N–H and O–H groups in total. The Morgan fingerprint density at radius 2 is 0.818 bits per heavy atom. The van der Waals surface area contributed by atoms with E-state index in [0.717, 1.165) is 12.8 Å². The summed E-state index contributed by atoms with van der Waals surface area (Å²) >= 11 is 0. The quantitative estimate of drug-likeness (QED) is 0.440. The zero-order valence-corrected chi connectivity index (χ0v) is 17.6. The molecule has 0 heterocycles. The average molecular weight is 380 g/mol. The Hall–Kier alpha value is 0.363. The molecule has 0 amide bonds. The third-order valence-electron chi connectivity index (χ3n) is 4.50. The monoisotopic (exact) mass is 378 g/mol. The molecular weight excluding hydrogens is 343 g/mol. The Morgan fingerprint density at radius 1 is 0.545 bits per heavy atom. The van der Waals surface area contributed by atoms with E-state index in [0.29, 0.717) is 0 Å². The topological polar surface area (TPSA) is 0 Å². The van der Waals surface area contributed by atoms with Gasteiger partial charge in [-0.25, -0.2) is 0 Å². The molecule has 0 nitrogen and oxygen atoms in total. The van der Waals surface area contributed by atoms with Crippen molar-refractivity contribution in [2.24, 2.45) is 0 Å². The van der Waals surface area contributed by atoms with Crippen LogP contribution in [0.2, 0.25) is 0 Å². The molecule has 0 radical (unpaired) electrons. The maximum Gasteiger partial charge on any atom is 4.00 e. The summed E-state index contributed by atoms with van der Waals surface area (Å²) < 4.78 is 0. The smallest absolute Gasteiger partial charge is 0.373 e.